The number of benzene rings is 4. The molecular formula is C36H36N2O8S. The highest BCUT2D eigenvalue weighted by Gasteiger charge is 2.25. The number of rotatable bonds is 12. The fraction of sp³-hybridized carbons (Fsp3) is 0.194. The van der Waals surface area contributed by atoms with Gasteiger partial charge in [-0.2, -0.15) is 0 Å². The highest BCUT2D eigenvalue weighted by molar-refractivity contribution is 7.91. The second-order valence-corrected chi connectivity index (χ2v) is 12.3. The quantitative estimate of drug-likeness (QED) is 0.127. The number of aromatic hydroxyl groups is 1. The number of esters is 1. The van der Waals surface area contributed by atoms with E-state index in [-0.39, 0.29) is 28.6 Å². The zero-order valence-corrected chi connectivity index (χ0v) is 26.9. The average molecular weight is 657 g/mol. The number of carbonyl (C=O) groups excluding carboxylic acids is 2. The molecule has 0 bridgehead atoms. The molecule has 0 aliphatic rings. The molecule has 1 atom stereocenters. The Hall–Kier alpha value is -5.42. The predicted octanol–water partition coefficient (Wildman–Crippen LogP) is 5.74. The summed E-state index contributed by atoms with van der Waals surface area (Å²) in [5.74, 6) is -0.508. The minimum absolute atomic E-state index is 0.00585. The minimum atomic E-state index is -3.46. The highest BCUT2D eigenvalue weighted by Crippen LogP contribution is 2.19. The average Bonchev–Trinajstić information content (AvgIpc) is 3.09. The van der Waals surface area contributed by atoms with Crippen LogP contribution < -0.4 is 14.8 Å². The number of phenolic OH excluding ortho intramolecular Hbond substituents is 1. The van der Waals surface area contributed by atoms with Crippen LogP contribution in [0.2, 0.25) is 0 Å². The first kappa shape index (κ1) is 34.5. The summed E-state index contributed by atoms with van der Waals surface area (Å²) in [7, 11) is -1.97. The van der Waals surface area contributed by atoms with Crippen LogP contribution in [0.3, 0.4) is 0 Å². The number of aryl methyl sites for hydroxylation is 1. The number of pyridine rings is 1. The fourth-order valence-corrected chi connectivity index (χ4v) is 5.76. The van der Waals surface area contributed by atoms with E-state index in [4.69, 9.17) is 14.2 Å². The van der Waals surface area contributed by atoms with E-state index in [9.17, 15) is 23.1 Å². The number of nitrogens with one attached hydrogen (secondary N) is 1. The molecule has 0 saturated heterocycles. The molecule has 0 fully saturated rings. The Labute approximate surface area is 273 Å². The molecule has 11 heteroatoms. The number of nitrogens with zero attached hydrogens (tertiary/aromatic N) is 1. The topological polar surface area (TPSA) is 141 Å². The van der Waals surface area contributed by atoms with Gasteiger partial charge in [0.25, 0.3) is 12.1 Å². The Kier molecular flexibility index (Phi) is 12.3. The van der Waals surface area contributed by atoms with Crippen molar-refractivity contribution in [3.05, 3.63) is 127 Å². The van der Waals surface area contributed by atoms with Crippen molar-refractivity contribution in [3.63, 3.8) is 0 Å². The van der Waals surface area contributed by atoms with Crippen molar-refractivity contribution in [2.24, 2.45) is 0 Å². The third-order valence-corrected chi connectivity index (χ3v) is 8.68. The van der Waals surface area contributed by atoms with Crippen LogP contribution in [0.5, 0.6) is 17.2 Å². The van der Waals surface area contributed by atoms with E-state index in [1.54, 1.807) is 49.4 Å². The molecule has 0 aliphatic heterocycles. The monoisotopic (exact) mass is 656 g/mol. The Morgan fingerprint density at radius 2 is 1.60 bits per heavy atom. The number of phenols is 1. The summed E-state index contributed by atoms with van der Waals surface area (Å²) in [6.07, 6.45) is 1.33. The van der Waals surface area contributed by atoms with Crippen molar-refractivity contribution >= 4 is 32.6 Å². The van der Waals surface area contributed by atoms with Gasteiger partial charge in [-0.15, -0.1) is 0 Å². The van der Waals surface area contributed by atoms with Gasteiger partial charge in [0.2, 0.25) is 0 Å². The van der Waals surface area contributed by atoms with Gasteiger partial charge >= 0.3 is 5.97 Å². The molecule has 1 amide bonds. The van der Waals surface area contributed by atoms with Crippen molar-refractivity contribution in [1.82, 2.24) is 10.3 Å². The van der Waals surface area contributed by atoms with Gasteiger partial charge in [-0.25, -0.2) is 13.2 Å². The molecule has 0 spiro atoms. The minimum Gasteiger partial charge on any atom is -0.508 e. The van der Waals surface area contributed by atoms with Gasteiger partial charge in [0.05, 0.1) is 29.9 Å². The molecule has 0 radical (unpaired) electrons. The maximum absolute atomic E-state index is 12.7. The molecule has 1 aromatic heterocycles. The lowest BCUT2D eigenvalue weighted by atomic mass is 10.1. The van der Waals surface area contributed by atoms with Crippen LogP contribution in [0.25, 0.3) is 10.9 Å². The van der Waals surface area contributed by atoms with Crippen molar-refractivity contribution < 1.29 is 37.3 Å². The number of aromatic nitrogens is 1. The Morgan fingerprint density at radius 1 is 0.872 bits per heavy atom. The number of sulfone groups is 1. The van der Waals surface area contributed by atoms with Crippen molar-refractivity contribution in [2.45, 2.75) is 30.9 Å². The predicted molar refractivity (Wildman–Crippen MR) is 178 cm³/mol. The zero-order valence-electron chi connectivity index (χ0n) is 26.0. The van der Waals surface area contributed by atoms with Gasteiger partial charge in [0.1, 0.15) is 17.2 Å². The Balaban J connectivity index is 0.000000420. The summed E-state index contributed by atoms with van der Waals surface area (Å²) < 4.78 is 40.8. The Morgan fingerprint density at radius 3 is 2.30 bits per heavy atom. The summed E-state index contributed by atoms with van der Waals surface area (Å²) in [5, 5.41) is 13.1. The SMILES string of the molecule is CCOC(=O)C(NC(=O)c1cccc(OC)c1)Oc1ccc(CCCS(=O)(=O)c2ccc(O)cc2)cc1.c1ccc2ncccc2c1. The largest absolute Gasteiger partial charge is 0.508 e. The molecule has 5 aromatic rings. The lowest BCUT2D eigenvalue weighted by Gasteiger charge is -2.19. The number of para-hydroxylation sites is 1. The van der Waals surface area contributed by atoms with E-state index in [1.807, 2.05) is 30.5 Å². The second-order valence-electron chi connectivity index (χ2n) is 10.2. The molecule has 1 unspecified atom stereocenters. The molecule has 47 heavy (non-hydrogen) atoms. The first-order valence-corrected chi connectivity index (χ1v) is 16.5. The number of amides is 1. The summed E-state index contributed by atoms with van der Waals surface area (Å²) in [4.78, 5) is 29.4. The molecule has 0 aliphatic carbocycles. The summed E-state index contributed by atoms with van der Waals surface area (Å²) in [6.45, 7) is 1.76. The second kappa shape index (κ2) is 16.8. The third-order valence-electron chi connectivity index (χ3n) is 6.86. The maximum atomic E-state index is 12.7. The highest BCUT2D eigenvalue weighted by atomic mass is 32.2. The summed E-state index contributed by atoms with van der Waals surface area (Å²) in [5.41, 5.74) is 2.22. The summed E-state index contributed by atoms with van der Waals surface area (Å²) >= 11 is 0. The standard InChI is InChI=1S/C27H29NO8S.C9H7N/c1-3-35-27(31)26(28-25(30)20-7-4-8-23(18-20)34-2)36-22-13-9-19(10-14-22)6-5-17-37(32,33)24-15-11-21(29)12-16-24;1-2-6-9-8(4-1)5-3-7-10-9/h4,7-16,18,26,29H,3,5-6,17H2,1-2H3,(H,28,30);1-7H. The molecule has 2 N–H and O–H groups in total. The van der Waals surface area contributed by atoms with Crippen LogP contribution in [0.4, 0.5) is 0 Å². The van der Waals surface area contributed by atoms with Crippen LogP contribution in [0.1, 0.15) is 29.3 Å². The number of methoxy groups -OCH3 is 1. The maximum Gasteiger partial charge on any atom is 0.369 e. The normalized spacial score (nSPS) is 11.4. The number of fused-ring (bicyclic) bond motifs is 1. The van der Waals surface area contributed by atoms with E-state index in [0.717, 1.165) is 11.1 Å². The van der Waals surface area contributed by atoms with Gasteiger partial charge in [0.15, 0.2) is 9.84 Å². The van der Waals surface area contributed by atoms with Crippen molar-refractivity contribution in [2.75, 3.05) is 19.5 Å². The van der Waals surface area contributed by atoms with Gasteiger partial charge < -0.3 is 24.6 Å². The smallest absolute Gasteiger partial charge is 0.369 e. The molecule has 244 valence electrons. The Bertz CT molecular complexity index is 1810. The lowest BCUT2D eigenvalue weighted by molar-refractivity contribution is -0.152. The van der Waals surface area contributed by atoms with Gasteiger partial charge in [-0.05, 0) is 92.1 Å². The zero-order chi connectivity index (χ0) is 33.6. The number of carbonyl (C=O) groups is 2. The van der Waals surface area contributed by atoms with Gasteiger partial charge in [-0.1, -0.05) is 42.5 Å². The molecule has 4 aromatic carbocycles. The summed E-state index contributed by atoms with van der Waals surface area (Å²) in [6, 6.07) is 30.8. The number of ether oxygens (including phenoxy) is 3. The molecule has 10 nitrogen and oxygen atoms in total. The molecular weight excluding hydrogens is 620 g/mol. The number of hydrogen-bond donors (Lipinski definition) is 2. The van der Waals surface area contributed by atoms with E-state index < -0.39 is 27.9 Å². The van der Waals surface area contributed by atoms with E-state index in [2.05, 4.69) is 22.4 Å². The molecule has 1 heterocycles. The van der Waals surface area contributed by atoms with Gasteiger partial charge in [-0.3, -0.25) is 9.78 Å². The third kappa shape index (κ3) is 10.3. The molecule has 0 saturated carbocycles. The van der Waals surface area contributed by atoms with Gasteiger partial charge in [0, 0.05) is 17.1 Å². The van der Waals surface area contributed by atoms with E-state index in [1.165, 1.54) is 42.8 Å². The first-order chi connectivity index (χ1) is 22.7. The van der Waals surface area contributed by atoms with Crippen LogP contribution in [0.15, 0.2) is 120 Å². The van der Waals surface area contributed by atoms with Crippen LogP contribution in [-0.2, 0) is 25.8 Å². The fourth-order valence-electron chi connectivity index (χ4n) is 4.45. The van der Waals surface area contributed by atoms with Crippen molar-refractivity contribution in [3.8, 4) is 17.2 Å². The van der Waals surface area contributed by atoms with Crippen LogP contribution >= 0.6 is 0 Å². The number of hydrogen-bond acceptors (Lipinski definition) is 9. The van der Waals surface area contributed by atoms with Crippen LogP contribution in [0, 0.1) is 0 Å². The van der Waals surface area contributed by atoms with Crippen LogP contribution in [-0.4, -0.2) is 56.1 Å². The van der Waals surface area contributed by atoms with E-state index >= 15 is 0 Å². The molecule has 5 rings (SSSR count). The lowest BCUT2D eigenvalue weighted by Crippen LogP contribution is -2.46. The first-order valence-electron chi connectivity index (χ1n) is 14.9. The van der Waals surface area contributed by atoms with Crippen molar-refractivity contribution in [1.29, 1.82) is 0 Å². The van der Waals surface area contributed by atoms with E-state index in [0.29, 0.717) is 24.3 Å².